The normalized spacial score (nSPS) is 20.1. The second-order valence-corrected chi connectivity index (χ2v) is 9.89. The molecule has 0 heterocycles. The molecule has 0 radical (unpaired) electrons. The molecule has 2 aromatic rings. The molecule has 0 saturated heterocycles. The van der Waals surface area contributed by atoms with Gasteiger partial charge in [0.2, 0.25) is 5.91 Å². The monoisotopic (exact) mass is 550 g/mol. The topological polar surface area (TPSA) is 41.1 Å². The van der Waals surface area contributed by atoms with Crippen molar-refractivity contribution in [2.45, 2.75) is 70.9 Å². The minimum Gasteiger partial charge on any atom is -0.352 e. The van der Waals surface area contributed by atoms with Gasteiger partial charge in [-0.3, -0.25) is 4.79 Å². The molecule has 0 unspecified atom stereocenters. The fraction of sp³-hybridized carbons (Fsp3) is 0.519. The molecular weight excluding hydrogens is 518 g/mol. The third kappa shape index (κ3) is 8.11. The molecule has 3 nitrogen and oxygen atoms in total. The fourth-order valence-electron chi connectivity index (χ4n) is 4.97. The van der Waals surface area contributed by atoms with Crippen LogP contribution in [0.1, 0.15) is 61.8 Å². The predicted octanol–water partition coefficient (Wildman–Crippen LogP) is 7.18. The van der Waals surface area contributed by atoms with Crippen LogP contribution in [0.2, 0.25) is 0 Å². The predicted molar refractivity (Wildman–Crippen MR) is 133 cm³/mol. The van der Waals surface area contributed by atoms with E-state index < -0.39 is 35.4 Å². The molecule has 10 heteroatoms. The summed E-state index contributed by atoms with van der Waals surface area (Å²) < 4.78 is 78.9. The molecule has 3 rings (SSSR count). The van der Waals surface area contributed by atoms with Gasteiger partial charge < -0.3 is 10.6 Å². The Labute approximate surface area is 219 Å². The molecule has 206 valence electrons. The summed E-state index contributed by atoms with van der Waals surface area (Å²) in [5.41, 5.74) is -2.49. The minimum absolute atomic E-state index is 0. The third-order valence-electron chi connectivity index (χ3n) is 7.13. The van der Waals surface area contributed by atoms with E-state index in [4.69, 9.17) is 0 Å². The molecule has 0 bridgehead atoms. The van der Waals surface area contributed by atoms with Gasteiger partial charge in [-0.1, -0.05) is 44.2 Å². The van der Waals surface area contributed by atoms with Crippen molar-refractivity contribution in [3.8, 4) is 0 Å². The Morgan fingerprint density at radius 1 is 0.973 bits per heavy atom. The summed E-state index contributed by atoms with van der Waals surface area (Å²) in [5, 5.41) is 6.14. The maximum absolute atomic E-state index is 13.2. The summed E-state index contributed by atoms with van der Waals surface area (Å²) in [6.45, 7) is 4.22. The van der Waals surface area contributed by atoms with Gasteiger partial charge >= 0.3 is 12.4 Å². The van der Waals surface area contributed by atoms with Crippen molar-refractivity contribution in [2.24, 2.45) is 11.3 Å². The smallest absolute Gasteiger partial charge is 0.352 e. The van der Waals surface area contributed by atoms with Crippen LogP contribution in [0.5, 0.6) is 0 Å². The third-order valence-corrected chi connectivity index (χ3v) is 7.13. The first-order valence-corrected chi connectivity index (χ1v) is 12.2. The minimum atomic E-state index is -4.93. The van der Waals surface area contributed by atoms with Gasteiger partial charge in [-0.05, 0) is 73.9 Å². The molecule has 2 N–H and O–H groups in total. The zero-order valence-corrected chi connectivity index (χ0v) is 21.6. The van der Waals surface area contributed by atoms with E-state index in [1.807, 2.05) is 32.0 Å². The van der Waals surface area contributed by atoms with Gasteiger partial charge in [-0.2, -0.15) is 26.3 Å². The molecule has 37 heavy (non-hydrogen) atoms. The van der Waals surface area contributed by atoms with Gasteiger partial charge in [0, 0.05) is 12.6 Å². The average molecular weight is 551 g/mol. The number of alkyl halides is 6. The summed E-state index contributed by atoms with van der Waals surface area (Å²) in [7, 11) is 0. The molecule has 1 fully saturated rings. The molecule has 1 saturated carbocycles. The summed E-state index contributed by atoms with van der Waals surface area (Å²) in [4.78, 5) is 13.2. The molecular formula is C27H33ClF6N2O. The van der Waals surface area contributed by atoms with Crippen LogP contribution in [-0.4, -0.2) is 18.5 Å². The second kappa shape index (κ2) is 12.5. The molecule has 1 amide bonds. The van der Waals surface area contributed by atoms with Crippen LogP contribution in [-0.2, 0) is 30.1 Å². The van der Waals surface area contributed by atoms with Crippen LogP contribution < -0.4 is 10.6 Å². The van der Waals surface area contributed by atoms with E-state index in [1.54, 1.807) is 0 Å². The molecule has 0 aliphatic heterocycles. The van der Waals surface area contributed by atoms with E-state index in [9.17, 15) is 31.1 Å². The van der Waals surface area contributed by atoms with Crippen LogP contribution in [0, 0.1) is 11.3 Å². The van der Waals surface area contributed by atoms with E-state index in [0.717, 1.165) is 25.8 Å². The largest absolute Gasteiger partial charge is 0.416 e. The van der Waals surface area contributed by atoms with Gasteiger partial charge in [-0.15, -0.1) is 12.4 Å². The number of benzene rings is 2. The van der Waals surface area contributed by atoms with E-state index in [2.05, 4.69) is 22.8 Å². The quantitative estimate of drug-likeness (QED) is 0.256. The maximum Gasteiger partial charge on any atom is 0.416 e. The first kappa shape index (κ1) is 31.0. The van der Waals surface area contributed by atoms with Gasteiger partial charge in [0.25, 0.3) is 0 Å². The van der Waals surface area contributed by atoms with Crippen molar-refractivity contribution in [2.75, 3.05) is 6.54 Å². The fourth-order valence-corrected chi connectivity index (χ4v) is 4.97. The SMILES string of the molecule is CC(C)[C@]1(C(=O)NCc2cc(C(F)(F)F)cc(C(F)(F)F)c2)CC[C@@H](NCCCc2ccccc2)C1.Cl. The number of carbonyl (C=O) groups excluding carboxylic acids is 1. The Bertz CT molecular complexity index is 994. The van der Waals surface area contributed by atoms with Crippen LogP contribution in [0.15, 0.2) is 48.5 Å². The number of aryl methyl sites for hydroxylation is 1. The Kier molecular flexibility index (Phi) is 10.5. The van der Waals surface area contributed by atoms with Crippen molar-refractivity contribution >= 4 is 18.3 Å². The van der Waals surface area contributed by atoms with Gasteiger partial charge in [-0.25, -0.2) is 0 Å². The zero-order chi connectivity index (χ0) is 26.6. The molecule has 1 aliphatic carbocycles. The lowest BCUT2D eigenvalue weighted by atomic mass is 9.74. The number of amides is 1. The number of halogens is 7. The standard InChI is InChI=1S/C27H32F6N2O.ClH/c1-18(2)25(11-10-23(16-25)34-12-6-9-19-7-4-3-5-8-19)24(36)35-17-20-13-21(26(28,29)30)15-22(14-20)27(31,32)33;/h3-5,7-8,13-15,18,23,34H,6,9-12,16-17H2,1-2H3,(H,35,36);1H/t23-,25+;/m1./s1. The highest BCUT2D eigenvalue weighted by atomic mass is 35.5. The highest BCUT2D eigenvalue weighted by Crippen LogP contribution is 2.45. The lowest BCUT2D eigenvalue weighted by molar-refractivity contribution is -0.143. The van der Waals surface area contributed by atoms with Gasteiger partial charge in [0.1, 0.15) is 0 Å². The lowest BCUT2D eigenvalue weighted by Gasteiger charge is -2.32. The van der Waals surface area contributed by atoms with Crippen LogP contribution >= 0.6 is 12.4 Å². The molecule has 1 aliphatic rings. The number of hydrogen-bond acceptors (Lipinski definition) is 2. The number of hydrogen-bond donors (Lipinski definition) is 2. The van der Waals surface area contributed by atoms with Crippen LogP contribution in [0.25, 0.3) is 0 Å². The van der Waals surface area contributed by atoms with Crippen molar-refractivity contribution in [3.05, 3.63) is 70.8 Å². The lowest BCUT2D eigenvalue weighted by Crippen LogP contribution is -2.44. The molecule has 0 aromatic heterocycles. The maximum atomic E-state index is 13.2. The Hall–Kier alpha value is -2.26. The summed E-state index contributed by atoms with van der Waals surface area (Å²) in [6.07, 6.45) is -6.03. The van der Waals surface area contributed by atoms with E-state index in [-0.39, 0.29) is 41.9 Å². The summed E-state index contributed by atoms with van der Waals surface area (Å²) >= 11 is 0. The number of carbonyl (C=O) groups is 1. The average Bonchev–Trinajstić information content (AvgIpc) is 3.25. The highest BCUT2D eigenvalue weighted by molar-refractivity contribution is 5.85. The highest BCUT2D eigenvalue weighted by Gasteiger charge is 2.47. The summed E-state index contributed by atoms with van der Waals surface area (Å²) in [5.74, 6) is -0.377. The van der Waals surface area contributed by atoms with Crippen LogP contribution in [0.4, 0.5) is 26.3 Å². The van der Waals surface area contributed by atoms with Crippen molar-refractivity contribution in [1.29, 1.82) is 0 Å². The summed E-state index contributed by atoms with van der Waals surface area (Å²) in [6, 6.07) is 11.6. The Morgan fingerprint density at radius 3 is 2.11 bits per heavy atom. The molecule has 0 spiro atoms. The van der Waals surface area contributed by atoms with Gasteiger partial charge in [0.05, 0.1) is 16.5 Å². The van der Waals surface area contributed by atoms with Crippen molar-refractivity contribution in [3.63, 3.8) is 0 Å². The van der Waals surface area contributed by atoms with E-state index >= 15 is 0 Å². The first-order valence-electron chi connectivity index (χ1n) is 12.2. The van der Waals surface area contributed by atoms with E-state index in [1.165, 1.54) is 5.56 Å². The second-order valence-electron chi connectivity index (χ2n) is 9.89. The first-order chi connectivity index (χ1) is 16.8. The van der Waals surface area contributed by atoms with Gasteiger partial charge in [0.15, 0.2) is 0 Å². The van der Waals surface area contributed by atoms with E-state index in [0.29, 0.717) is 25.0 Å². The van der Waals surface area contributed by atoms with Crippen LogP contribution in [0.3, 0.4) is 0 Å². The number of rotatable bonds is 9. The Balaban J connectivity index is 0.00000481. The molecule has 2 atom stereocenters. The molecule has 2 aromatic carbocycles. The number of nitrogens with one attached hydrogen (secondary N) is 2. The van der Waals surface area contributed by atoms with Crippen molar-refractivity contribution in [1.82, 2.24) is 10.6 Å². The zero-order valence-electron chi connectivity index (χ0n) is 20.8. The Morgan fingerprint density at radius 2 is 1.57 bits per heavy atom. The van der Waals surface area contributed by atoms with Crippen molar-refractivity contribution < 1.29 is 31.1 Å².